The summed E-state index contributed by atoms with van der Waals surface area (Å²) in [7, 11) is 0. The largest absolute Gasteiger partial charge is 0.379 e. The summed E-state index contributed by atoms with van der Waals surface area (Å²) in [6.07, 6.45) is 0. The number of H-pyrrole nitrogens is 1. The summed E-state index contributed by atoms with van der Waals surface area (Å²) in [6, 6.07) is 19.3. The number of carbonyl (C=O) groups is 1. The van der Waals surface area contributed by atoms with E-state index in [9.17, 15) is 4.79 Å². The third-order valence-corrected chi connectivity index (χ3v) is 5.04. The summed E-state index contributed by atoms with van der Waals surface area (Å²) in [5.41, 5.74) is 5.76. The number of aromatic nitrogens is 2. The van der Waals surface area contributed by atoms with Crippen LogP contribution in [0.3, 0.4) is 0 Å². The monoisotopic (exact) mass is 404 g/mol. The normalized spacial score (nSPS) is 10.9. The molecule has 29 heavy (non-hydrogen) atoms. The van der Waals surface area contributed by atoms with Crippen molar-refractivity contribution in [1.29, 1.82) is 0 Å². The zero-order valence-corrected chi connectivity index (χ0v) is 17.0. The molecule has 4 rings (SSSR count). The number of nitrogens with one attached hydrogen (secondary N) is 3. The average Bonchev–Trinajstić information content (AvgIpc) is 3.07. The molecule has 6 heteroatoms. The van der Waals surface area contributed by atoms with E-state index in [-0.39, 0.29) is 5.91 Å². The average molecular weight is 405 g/mol. The van der Waals surface area contributed by atoms with Gasteiger partial charge in [0.15, 0.2) is 0 Å². The van der Waals surface area contributed by atoms with Crippen LogP contribution in [0.2, 0.25) is 5.02 Å². The molecule has 0 aliphatic carbocycles. The molecular weight excluding hydrogens is 384 g/mol. The van der Waals surface area contributed by atoms with Crippen molar-refractivity contribution in [2.24, 2.45) is 0 Å². The lowest BCUT2D eigenvalue weighted by Crippen LogP contribution is -2.14. The molecule has 0 bridgehead atoms. The predicted molar refractivity (Wildman–Crippen MR) is 119 cm³/mol. The van der Waals surface area contributed by atoms with Gasteiger partial charge in [0.2, 0.25) is 0 Å². The van der Waals surface area contributed by atoms with Crippen LogP contribution >= 0.6 is 11.6 Å². The number of aromatic amines is 1. The van der Waals surface area contributed by atoms with Gasteiger partial charge in [0, 0.05) is 11.6 Å². The second kappa shape index (κ2) is 7.97. The fraction of sp³-hybridized carbons (Fsp3) is 0.130. The second-order valence-corrected chi connectivity index (χ2v) is 7.39. The van der Waals surface area contributed by atoms with Gasteiger partial charge in [-0.05, 0) is 49.2 Å². The number of benzene rings is 3. The van der Waals surface area contributed by atoms with Crippen molar-refractivity contribution in [3.05, 3.63) is 88.2 Å². The fourth-order valence-electron chi connectivity index (χ4n) is 3.31. The Hall–Kier alpha value is -3.31. The van der Waals surface area contributed by atoms with Crippen LogP contribution in [0, 0.1) is 13.8 Å². The molecule has 0 unspecified atom stereocenters. The van der Waals surface area contributed by atoms with Crippen molar-refractivity contribution < 1.29 is 4.79 Å². The smallest absolute Gasteiger partial charge is 0.258 e. The summed E-state index contributed by atoms with van der Waals surface area (Å²) in [6.45, 7) is 4.60. The van der Waals surface area contributed by atoms with Gasteiger partial charge in [0.1, 0.15) is 11.3 Å². The SMILES string of the molecule is Cc1nc2c(C(=O)Nc3ccccc3NCc3ccccc3C)cc(Cl)cc2[nH]1. The molecule has 1 heterocycles. The Morgan fingerprint density at radius 1 is 1.03 bits per heavy atom. The van der Waals surface area contributed by atoms with E-state index in [1.165, 1.54) is 11.1 Å². The van der Waals surface area contributed by atoms with Gasteiger partial charge in [0.25, 0.3) is 5.91 Å². The number of amides is 1. The molecule has 4 aromatic rings. The molecule has 1 amide bonds. The van der Waals surface area contributed by atoms with Crippen molar-refractivity contribution >= 4 is 39.9 Å². The highest BCUT2D eigenvalue weighted by molar-refractivity contribution is 6.32. The standard InChI is InChI=1S/C23H21ClN4O/c1-14-7-3-4-8-16(14)13-25-19-9-5-6-10-20(19)28-23(29)18-11-17(24)12-21-22(18)27-15(2)26-21/h3-12,25H,13H2,1-2H3,(H,26,27)(H,28,29). The Morgan fingerprint density at radius 3 is 2.55 bits per heavy atom. The van der Waals surface area contributed by atoms with Crippen LogP contribution in [0.15, 0.2) is 60.7 Å². The van der Waals surface area contributed by atoms with Gasteiger partial charge in [-0.2, -0.15) is 0 Å². The number of imidazole rings is 1. The van der Waals surface area contributed by atoms with Gasteiger partial charge in [-0.15, -0.1) is 0 Å². The van der Waals surface area contributed by atoms with E-state index in [0.717, 1.165) is 17.0 Å². The van der Waals surface area contributed by atoms with Gasteiger partial charge in [-0.3, -0.25) is 4.79 Å². The molecule has 0 aliphatic heterocycles. The third-order valence-electron chi connectivity index (χ3n) is 4.82. The highest BCUT2D eigenvalue weighted by Crippen LogP contribution is 2.26. The predicted octanol–water partition coefficient (Wildman–Crippen LogP) is 5.70. The van der Waals surface area contributed by atoms with Crippen LogP contribution in [0.4, 0.5) is 11.4 Å². The van der Waals surface area contributed by atoms with Crippen molar-refractivity contribution in [3.8, 4) is 0 Å². The zero-order chi connectivity index (χ0) is 20.4. The minimum Gasteiger partial charge on any atom is -0.379 e. The number of aryl methyl sites for hydroxylation is 2. The number of halogens is 1. The maximum absolute atomic E-state index is 13.0. The zero-order valence-electron chi connectivity index (χ0n) is 16.2. The molecule has 0 atom stereocenters. The molecule has 146 valence electrons. The molecule has 0 radical (unpaired) electrons. The summed E-state index contributed by atoms with van der Waals surface area (Å²) in [4.78, 5) is 20.6. The molecular formula is C23H21ClN4O. The van der Waals surface area contributed by atoms with E-state index in [0.29, 0.717) is 28.3 Å². The van der Waals surface area contributed by atoms with Gasteiger partial charge in [0.05, 0.1) is 22.5 Å². The summed E-state index contributed by atoms with van der Waals surface area (Å²) >= 11 is 6.20. The first kappa shape index (κ1) is 19.0. The Bertz CT molecular complexity index is 1200. The molecule has 3 N–H and O–H groups in total. The Balaban J connectivity index is 1.59. The lowest BCUT2D eigenvalue weighted by atomic mass is 10.1. The summed E-state index contributed by atoms with van der Waals surface area (Å²) in [5.74, 6) is 0.478. The van der Waals surface area contributed by atoms with Crippen LogP contribution in [0.5, 0.6) is 0 Å². The number of hydrogen-bond donors (Lipinski definition) is 3. The van der Waals surface area contributed by atoms with Crippen LogP contribution < -0.4 is 10.6 Å². The van der Waals surface area contributed by atoms with Crippen molar-refractivity contribution in [2.45, 2.75) is 20.4 Å². The van der Waals surface area contributed by atoms with Crippen molar-refractivity contribution in [2.75, 3.05) is 10.6 Å². The first-order valence-corrected chi connectivity index (χ1v) is 9.73. The van der Waals surface area contributed by atoms with Gasteiger partial charge in [-0.1, -0.05) is 48.0 Å². The van der Waals surface area contributed by atoms with E-state index < -0.39 is 0 Å². The van der Waals surface area contributed by atoms with Crippen molar-refractivity contribution in [1.82, 2.24) is 9.97 Å². The fourth-order valence-corrected chi connectivity index (χ4v) is 3.53. The number of para-hydroxylation sites is 2. The Kier molecular flexibility index (Phi) is 5.23. The van der Waals surface area contributed by atoms with E-state index in [1.807, 2.05) is 43.3 Å². The van der Waals surface area contributed by atoms with Crippen LogP contribution in [-0.2, 0) is 6.54 Å². The number of nitrogens with zero attached hydrogens (tertiary/aromatic N) is 1. The molecule has 5 nitrogen and oxygen atoms in total. The van der Waals surface area contributed by atoms with Crippen molar-refractivity contribution in [3.63, 3.8) is 0 Å². The van der Waals surface area contributed by atoms with E-state index in [1.54, 1.807) is 12.1 Å². The van der Waals surface area contributed by atoms with Crippen LogP contribution in [0.1, 0.15) is 27.3 Å². The van der Waals surface area contributed by atoms with Gasteiger partial charge >= 0.3 is 0 Å². The van der Waals surface area contributed by atoms with E-state index >= 15 is 0 Å². The topological polar surface area (TPSA) is 69.8 Å². The maximum Gasteiger partial charge on any atom is 0.258 e. The molecule has 1 aromatic heterocycles. The molecule has 0 aliphatic rings. The number of rotatable bonds is 5. The van der Waals surface area contributed by atoms with Gasteiger partial charge < -0.3 is 15.6 Å². The number of hydrogen-bond acceptors (Lipinski definition) is 3. The molecule has 0 saturated carbocycles. The van der Waals surface area contributed by atoms with E-state index in [4.69, 9.17) is 11.6 Å². The Labute approximate surface area is 174 Å². The Morgan fingerprint density at radius 2 is 1.76 bits per heavy atom. The highest BCUT2D eigenvalue weighted by Gasteiger charge is 2.16. The minimum absolute atomic E-state index is 0.255. The summed E-state index contributed by atoms with van der Waals surface area (Å²) in [5, 5.41) is 6.89. The lowest BCUT2D eigenvalue weighted by molar-refractivity contribution is 0.102. The second-order valence-electron chi connectivity index (χ2n) is 6.95. The maximum atomic E-state index is 13.0. The first-order valence-electron chi connectivity index (χ1n) is 9.36. The van der Waals surface area contributed by atoms with Crippen LogP contribution in [-0.4, -0.2) is 15.9 Å². The highest BCUT2D eigenvalue weighted by atomic mass is 35.5. The van der Waals surface area contributed by atoms with Gasteiger partial charge in [-0.25, -0.2) is 4.98 Å². The lowest BCUT2D eigenvalue weighted by Gasteiger charge is -2.14. The molecule has 0 spiro atoms. The summed E-state index contributed by atoms with van der Waals surface area (Å²) < 4.78 is 0. The number of fused-ring (bicyclic) bond motifs is 1. The van der Waals surface area contributed by atoms with E-state index in [2.05, 4.69) is 39.7 Å². The molecule has 0 fully saturated rings. The minimum atomic E-state index is -0.255. The first-order chi connectivity index (χ1) is 14.0. The molecule has 3 aromatic carbocycles. The third kappa shape index (κ3) is 4.10. The van der Waals surface area contributed by atoms with Crippen LogP contribution in [0.25, 0.3) is 11.0 Å². The number of anilines is 2. The molecule has 0 saturated heterocycles. The quantitative estimate of drug-likeness (QED) is 0.399. The number of carbonyl (C=O) groups excluding carboxylic acids is 1.